The summed E-state index contributed by atoms with van der Waals surface area (Å²) in [5.74, 6) is -1.38. The van der Waals surface area contributed by atoms with E-state index in [-0.39, 0.29) is 18.9 Å². The number of hydrogen-bond acceptors (Lipinski definition) is 4. The van der Waals surface area contributed by atoms with Crippen LogP contribution >= 0.6 is 0 Å². The summed E-state index contributed by atoms with van der Waals surface area (Å²) in [6.07, 6.45) is 3.40. The first-order valence-corrected chi connectivity index (χ1v) is 6.45. The van der Waals surface area contributed by atoms with E-state index in [1.807, 2.05) is 0 Å². The molecule has 102 valence electrons. The number of rotatable bonds is 2. The number of carboxylic acid groups (broad SMARTS) is 1. The molecule has 2 rings (SSSR count). The first-order chi connectivity index (χ1) is 8.44. The van der Waals surface area contributed by atoms with Crippen molar-refractivity contribution in [2.45, 2.75) is 56.2 Å². The summed E-state index contributed by atoms with van der Waals surface area (Å²) < 4.78 is 0. The molecule has 2 fully saturated rings. The maximum absolute atomic E-state index is 12.4. The van der Waals surface area contributed by atoms with Crippen LogP contribution in [0.3, 0.4) is 0 Å². The van der Waals surface area contributed by atoms with Crippen molar-refractivity contribution in [3.63, 3.8) is 0 Å². The third kappa shape index (κ3) is 2.35. The predicted octanol–water partition coefficient (Wildman–Crippen LogP) is -0.306. The van der Waals surface area contributed by atoms with Crippen molar-refractivity contribution in [2.75, 3.05) is 6.54 Å². The molecule has 2 atom stereocenters. The highest BCUT2D eigenvalue weighted by atomic mass is 16.4. The van der Waals surface area contributed by atoms with Crippen molar-refractivity contribution >= 4 is 11.9 Å². The summed E-state index contributed by atoms with van der Waals surface area (Å²) in [7, 11) is 0. The fraction of sp³-hybridized carbons (Fsp3) is 0.833. The summed E-state index contributed by atoms with van der Waals surface area (Å²) >= 11 is 0. The lowest BCUT2D eigenvalue weighted by Gasteiger charge is -2.36. The Morgan fingerprint density at radius 2 is 1.83 bits per heavy atom. The normalized spacial score (nSPS) is 31.3. The van der Waals surface area contributed by atoms with Crippen LogP contribution in [0.1, 0.15) is 38.5 Å². The van der Waals surface area contributed by atoms with E-state index < -0.39 is 23.7 Å². The number of carbonyl (C=O) groups is 2. The van der Waals surface area contributed by atoms with E-state index in [4.69, 9.17) is 10.8 Å². The SMILES string of the molecule is NC1(C(=O)N2C[C@H](O)C[C@H]2C(=O)O)CCCCC1. The minimum atomic E-state index is -1.07. The molecule has 0 spiro atoms. The van der Waals surface area contributed by atoms with E-state index in [0.29, 0.717) is 12.8 Å². The molecule has 6 nitrogen and oxygen atoms in total. The number of likely N-dealkylation sites (tertiary alicyclic amines) is 1. The molecule has 2 aliphatic rings. The smallest absolute Gasteiger partial charge is 0.326 e. The number of carbonyl (C=O) groups excluding carboxylic acids is 1. The molecule has 0 aromatic heterocycles. The number of β-amino-alcohol motifs (C(OH)–C–C–N with tert-alkyl or cyclic N) is 1. The highest BCUT2D eigenvalue weighted by Gasteiger charge is 2.46. The molecule has 1 saturated heterocycles. The van der Waals surface area contributed by atoms with E-state index >= 15 is 0 Å². The van der Waals surface area contributed by atoms with Gasteiger partial charge in [-0.2, -0.15) is 0 Å². The van der Waals surface area contributed by atoms with E-state index in [9.17, 15) is 14.7 Å². The molecule has 0 aromatic carbocycles. The van der Waals surface area contributed by atoms with Crippen molar-refractivity contribution < 1.29 is 19.8 Å². The van der Waals surface area contributed by atoms with Crippen LogP contribution in [0.25, 0.3) is 0 Å². The van der Waals surface area contributed by atoms with E-state index in [2.05, 4.69) is 0 Å². The fourth-order valence-corrected chi connectivity index (χ4v) is 2.95. The number of amides is 1. The summed E-state index contributed by atoms with van der Waals surface area (Å²) in [4.78, 5) is 24.8. The van der Waals surface area contributed by atoms with Gasteiger partial charge in [0.25, 0.3) is 0 Å². The van der Waals surface area contributed by atoms with Gasteiger partial charge < -0.3 is 20.8 Å². The first kappa shape index (κ1) is 13.3. The Labute approximate surface area is 106 Å². The number of aliphatic hydroxyl groups is 1. The van der Waals surface area contributed by atoms with Gasteiger partial charge in [-0.25, -0.2) is 4.79 Å². The van der Waals surface area contributed by atoms with Gasteiger partial charge in [-0.1, -0.05) is 19.3 Å². The number of nitrogens with zero attached hydrogens (tertiary/aromatic N) is 1. The fourth-order valence-electron chi connectivity index (χ4n) is 2.95. The zero-order valence-electron chi connectivity index (χ0n) is 10.3. The molecule has 1 heterocycles. The lowest BCUT2D eigenvalue weighted by molar-refractivity contribution is -0.151. The van der Waals surface area contributed by atoms with Crippen LogP contribution in [0.2, 0.25) is 0 Å². The molecular weight excluding hydrogens is 236 g/mol. The zero-order valence-corrected chi connectivity index (χ0v) is 10.3. The van der Waals surface area contributed by atoms with E-state index in [0.717, 1.165) is 19.3 Å². The van der Waals surface area contributed by atoms with Gasteiger partial charge in [-0.15, -0.1) is 0 Å². The topological polar surface area (TPSA) is 104 Å². The van der Waals surface area contributed by atoms with Gasteiger partial charge in [0.15, 0.2) is 0 Å². The third-order valence-electron chi connectivity index (χ3n) is 4.00. The van der Waals surface area contributed by atoms with Crippen molar-refractivity contribution in [3.05, 3.63) is 0 Å². The Kier molecular flexibility index (Phi) is 3.59. The lowest BCUT2D eigenvalue weighted by Crippen LogP contribution is -2.58. The van der Waals surface area contributed by atoms with Gasteiger partial charge in [-0.05, 0) is 12.8 Å². The molecule has 0 bridgehead atoms. The summed E-state index contributed by atoms with van der Waals surface area (Å²) in [6, 6.07) is -0.935. The van der Waals surface area contributed by atoms with Crippen LogP contribution < -0.4 is 5.73 Å². The Morgan fingerprint density at radius 1 is 1.22 bits per heavy atom. The van der Waals surface area contributed by atoms with Crippen LogP contribution in [0.15, 0.2) is 0 Å². The van der Waals surface area contributed by atoms with Crippen LogP contribution in [0.4, 0.5) is 0 Å². The average Bonchev–Trinajstić information content (AvgIpc) is 2.71. The first-order valence-electron chi connectivity index (χ1n) is 6.45. The van der Waals surface area contributed by atoms with Crippen molar-refractivity contribution in [1.82, 2.24) is 4.90 Å². The number of aliphatic hydroxyl groups excluding tert-OH is 1. The Hall–Kier alpha value is -1.14. The molecule has 6 heteroatoms. The molecule has 0 radical (unpaired) electrons. The van der Waals surface area contributed by atoms with E-state index in [1.165, 1.54) is 4.90 Å². The van der Waals surface area contributed by atoms with Gasteiger partial charge in [0.2, 0.25) is 5.91 Å². The molecule has 18 heavy (non-hydrogen) atoms. The molecule has 0 aromatic rings. The maximum Gasteiger partial charge on any atom is 0.326 e. The molecule has 4 N–H and O–H groups in total. The second-order valence-electron chi connectivity index (χ2n) is 5.42. The lowest BCUT2D eigenvalue weighted by atomic mass is 9.81. The van der Waals surface area contributed by atoms with Gasteiger partial charge in [0.1, 0.15) is 6.04 Å². The minimum absolute atomic E-state index is 0.0781. The number of hydrogen-bond donors (Lipinski definition) is 3. The standard InChI is InChI=1S/C12H20N2O4/c13-12(4-2-1-3-5-12)11(18)14-7-8(15)6-9(14)10(16)17/h8-9,15H,1-7,13H2,(H,16,17)/t8-,9+/m1/s1. The highest BCUT2D eigenvalue weighted by Crippen LogP contribution is 2.30. The number of nitrogens with two attached hydrogens (primary N) is 1. The second kappa shape index (κ2) is 4.85. The summed E-state index contributed by atoms with van der Waals surface area (Å²) in [5.41, 5.74) is 5.19. The number of aliphatic carboxylic acids is 1. The van der Waals surface area contributed by atoms with Crippen LogP contribution in [0, 0.1) is 0 Å². The van der Waals surface area contributed by atoms with E-state index in [1.54, 1.807) is 0 Å². The largest absolute Gasteiger partial charge is 0.480 e. The Balaban J connectivity index is 2.14. The maximum atomic E-state index is 12.4. The molecule has 1 aliphatic heterocycles. The monoisotopic (exact) mass is 256 g/mol. The summed E-state index contributed by atoms with van der Waals surface area (Å²) in [6.45, 7) is 0.0781. The van der Waals surface area contributed by atoms with Gasteiger partial charge >= 0.3 is 5.97 Å². The van der Waals surface area contributed by atoms with Gasteiger partial charge in [-0.3, -0.25) is 4.79 Å². The minimum Gasteiger partial charge on any atom is -0.480 e. The van der Waals surface area contributed by atoms with Crippen molar-refractivity contribution in [1.29, 1.82) is 0 Å². The molecule has 1 amide bonds. The average molecular weight is 256 g/mol. The third-order valence-corrected chi connectivity index (χ3v) is 4.00. The quantitative estimate of drug-likeness (QED) is 0.629. The molecule has 1 aliphatic carbocycles. The van der Waals surface area contributed by atoms with Crippen LogP contribution in [-0.2, 0) is 9.59 Å². The number of carboxylic acids is 1. The van der Waals surface area contributed by atoms with Gasteiger partial charge in [0.05, 0.1) is 11.6 Å². The Bertz CT molecular complexity index is 352. The van der Waals surface area contributed by atoms with Crippen molar-refractivity contribution in [2.24, 2.45) is 5.73 Å². The predicted molar refractivity (Wildman–Crippen MR) is 63.8 cm³/mol. The Morgan fingerprint density at radius 3 is 2.39 bits per heavy atom. The van der Waals surface area contributed by atoms with Crippen molar-refractivity contribution in [3.8, 4) is 0 Å². The van der Waals surface area contributed by atoms with Gasteiger partial charge in [0, 0.05) is 13.0 Å². The molecule has 0 unspecified atom stereocenters. The highest BCUT2D eigenvalue weighted by molar-refractivity contribution is 5.90. The molecule has 1 saturated carbocycles. The van der Waals surface area contributed by atoms with Crippen LogP contribution in [-0.4, -0.2) is 51.2 Å². The zero-order chi connectivity index (χ0) is 13.3. The van der Waals surface area contributed by atoms with Crippen LogP contribution in [0.5, 0.6) is 0 Å². The molecular formula is C12H20N2O4. The second-order valence-corrected chi connectivity index (χ2v) is 5.42. The summed E-state index contributed by atoms with van der Waals surface area (Å²) in [5, 5.41) is 18.6.